The number of hydrogen-bond donors (Lipinski definition) is 1. The van der Waals surface area contributed by atoms with Crippen molar-refractivity contribution in [3.63, 3.8) is 0 Å². The average molecular weight is 235 g/mol. The van der Waals surface area contributed by atoms with E-state index in [2.05, 4.69) is 52.1 Å². The van der Waals surface area contributed by atoms with E-state index in [1.54, 1.807) is 0 Å². The predicted molar refractivity (Wildman–Crippen MR) is 73.9 cm³/mol. The maximum atomic E-state index is 5.89. The van der Waals surface area contributed by atoms with Gasteiger partial charge in [0.25, 0.3) is 0 Å². The van der Waals surface area contributed by atoms with Gasteiger partial charge >= 0.3 is 0 Å². The zero-order valence-corrected chi connectivity index (χ0v) is 11.8. The monoisotopic (exact) mass is 235 g/mol. The fourth-order valence-corrected chi connectivity index (χ4v) is 1.82. The summed E-state index contributed by atoms with van der Waals surface area (Å²) in [6, 6.07) is 4.71. The fourth-order valence-electron chi connectivity index (χ4n) is 1.82. The van der Waals surface area contributed by atoms with Gasteiger partial charge in [0.15, 0.2) is 0 Å². The molecule has 0 amide bonds. The lowest BCUT2D eigenvalue weighted by Gasteiger charge is -2.17. The molecule has 0 aliphatic rings. The van der Waals surface area contributed by atoms with Gasteiger partial charge < -0.3 is 10.1 Å². The van der Waals surface area contributed by atoms with Gasteiger partial charge in [-0.25, -0.2) is 0 Å². The molecule has 1 aromatic rings. The molecule has 0 bridgehead atoms. The minimum Gasteiger partial charge on any atom is -0.492 e. The van der Waals surface area contributed by atoms with Crippen LogP contribution in [0.2, 0.25) is 0 Å². The highest BCUT2D eigenvalue weighted by Gasteiger charge is 2.06. The molecule has 0 saturated heterocycles. The molecule has 96 valence electrons. The molecule has 0 radical (unpaired) electrons. The van der Waals surface area contributed by atoms with E-state index in [0.29, 0.717) is 6.04 Å². The zero-order valence-electron chi connectivity index (χ0n) is 11.8. The summed E-state index contributed by atoms with van der Waals surface area (Å²) in [5.41, 5.74) is 3.81. The third-order valence-electron chi connectivity index (χ3n) is 3.00. The Bertz CT molecular complexity index is 360. The SMILES string of the molecule is CCCNC(C)COc1cc(C)cc(C)c1C. The summed E-state index contributed by atoms with van der Waals surface area (Å²) >= 11 is 0. The first-order valence-corrected chi connectivity index (χ1v) is 6.48. The van der Waals surface area contributed by atoms with E-state index < -0.39 is 0 Å². The van der Waals surface area contributed by atoms with E-state index >= 15 is 0 Å². The first-order chi connectivity index (χ1) is 8.04. The minimum atomic E-state index is 0.398. The van der Waals surface area contributed by atoms with Crippen molar-refractivity contribution in [2.75, 3.05) is 13.2 Å². The van der Waals surface area contributed by atoms with E-state index in [4.69, 9.17) is 4.74 Å². The average Bonchev–Trinajstić information content (AvgIpc) is 2.29. The van der Waals surface area contributed by atoms with Crippen LogP contribution in [0.15, 0.2) is 12.1 Å². The maximum absolute atomic E-state index is 5.89. The first-order valence-electron chi connectivity index (χ1n) is 6.48. The number of ether oxygens (including phenoxy) is 1. The lowest BCUT2D eigenvalue weighted by atomic mass is 10.1. The van der Waals surface area contributed by atoms with Crippen LogP contribution < -0.4 is 10.1 Å². The van der Waals surface area contributed by atoms with Crippen LogP contribution in [0, 0.1) is 20.8 Å². The Labute approximate surface area is 105 Å². The van der Waals surface area contributed by atoms with Crippen LogP contribution in [0.4, 0.5) is 0 Å². The summed E-state index contributed by atoms with van der Waals surface area (Å²) in [6.45, 7) is 12.5. The Hall–Kier alpha value is -1.02. The van der Waals surface area contributed by atoms with Crippen LogP contribution in [-0.2, 0) is 0 Å². The summed E-state index contributed by atoms with van der Waals surface area (Å²) in [4.78, 5) is 0. The van der Waals surface area contributed by atoms with Gasteiger partial charge in [-0.05, 0) is 63.4 Å². The van der Waals surface area contributed by atoms with E-state index in [1.165, 1.54) is 16.7 Å². The maximum Gasteiger partial charge on any atom is 0.122 e. The second-order valence-electron chi connectivity index (χ2n) is 4.87. The van der Waals surface area contributed by atoms with Crippen molar-refractivity contribution in [1.82, 2.24) is 5.32 Å². The van der Waals surface area contributed by atoms with Gasteiger partial charge in [-0.1, -0.05) is 13.0 Å². The van der Waals surface area contributed by atoms with Gasteiger partial charge in [0.2, 0.25) is 0 Å². The van der Waals surface area contributed by atoms with Crippen LogP contribution in [0.5, 0.6) is 5.75 Å². The van der Waals surface area contributed by atoms with Crippen LogP contribution in [-0.4, -0.2) is 19.2 Å². The van der Waals surface area contributed by atoms with Crippen LogP contribution in [0.25, 0.3) is 0 Å². The summed E-state index contributed by atoms with van der Waals surface area (Å²) in [5.74, 6) is 1.02. The molecule has 1 N–H and O–H groups in total. The third kappa shape index (κ3) is 4.39. The molecule has 1 atom stereocenters. The third-order valence-corrected chi connectivity index (χ3v) is 3.00. The Morgan fingerprint density at radius 1 is 1.24 bits per heavy atom. The second-order valence-corrected chi connectivity index (χ2v) is 4.87. The van der Waals surface area contributed by atoms with Gasteiger partial charge in [0.05, 0.1) is 0 Å². The van der Waals surface area contributed by atoms with Crippen LogP contribution >= 0.6 is 0 Å². The van der Waals surface area contributed by atoms with E-state index in [1.807, 2.05) is 0 Å². The van der Waals surface area contributed by atoms with Gasteiger partial charge in [0.1, 0.15) is 12.4 Å². The standard InChI is InChI=1S/C15H25NO/c1-6-7-16-13(4)10-17-15-9-11(2)8-12(3)14(15)5/h8-9,13,16H,6-7,10H2,1-5H3. The molecule has 2 nitrogen and oxygen atoms in total. The van der Waals surface area contributed by atoms with Crippen molar-refractivity contribution in [1.29, 1.82) is 0 Å². The highest BCUT2D eigenvalue weighted by molar-refractivity contribution is 5.41. The molecular formula is C15H25NO. The molecule has 1 rings (SSSR count). The summed E-state index contributed by atoms with van der Waals surface area (Å²) in [7, 11) is 0. The van der Waals surface area contributed by atoms with Crippen molar-refractivity contribution in [2.45, 2.75) is 47.1 Å². The van der Waals surface area contributed by atoms with Crippen molar-refractivity contribution in [2.24, 2.45) is 0 Å². The molecule has 2 heteroatoms. The van der Waals surface area contributed by atoms with Crippen molar-refractivity contribution >= 4 is 0 Å². The molecule has 0 heterocycles. The quantitative estimate of drug-likeness (QED) is 0.816. The lowest BCUT2D eigenvalue weighted by molar-refractivity contribution is 0.272. The van der Waals surface area contributed by atoms with E-state index in [9.17, 15) is 0 Å². The highest BCUT2D eigenvalue weighted by atomic mass is 16.5. The first kappa shape index (κ1) is 14.0. The Morgan fingerprint density at radius 3 is 2.59 bits per heavy atom. The summed E-state index contributed by atoms with van der Waals surface area (Å²) < 4.78 is 5.89. The van der Waals surface area contributed by atoms with E-state index in [-0.39, 0.29) is 0 Å². The predicted octanol–water partition coefficient (Wildman–Crippen LogP) is 3.38. The van der Waals surface area contributed by atoms with Crippen molar-refractivity contribution in [3.8, 4) is 5.75 Å². The molecule has 1 unspecified atom stereocenters. The number of aryl methyl sites for hydroxylation is 2. The fraction of sp³-hybridized carbons (Fsp3) is 0.600. The topological polar surface area (TPSA) is 21.3 Å². The molecule has 0 saturated carbocycles. The largest absolute Gasteiger partial charge is 0.492 e. The van der Waals surface area contributed by atoms with Crippen LogP contribution in [0.3, 0.4) is 0 Å². The molecule has 1 aromatic carbocycles. The lowest BCUT2D eigenvalue weighted by Crippen LogP contribution is -2.32. The summed E-state index contributed by atoms with van der Waals surface area (Å²) in [5, 5.41) is 3.43. The molecule has 0 fully saturated rings. The van der Waals surface area contributed by atoms with Crippen LogP contribution in [0.1, 0.15) is 37.0 Å². The molecule has 0 spiro atoms. The Kier molecular flexibility index (Phi) is 5.49. The number of nitrogens with one attached hydrogen (secondary N) is 1. The minimum absolute atomic E-state index is 0.398. The Balaban J connectivity index is 2.57. The van der Waals surface area contributed by atoms with Crippen molar-refractivity contribution in [3.05, 3.63) is 28.8 Å². The molecule has 0 aliphatic carbocycles. The normalized spacial score (nSPS) is 12.5. The second kappa shape index (κ2) is 6.65. The smallest absolute Gasteiger partial charge is 0.122 e. The zero-order chi connectivity index (χ0) is 12.8. The highest BCUT2D eigenvalue weighted by Crippen LogP contribution is 2.23. The van der Waals surface area contributed by atoms with Gasteiger partial charge in [-0.3, -0.25) is 0 Å². The molecule has 0 aliphatic heterocycles. The number of rotatable bonds is 6. The van der Waals surface area contributed by atoms with Gasteiger partial charge in [-0.15, -0.1) is 0 Å². The molecule has 0 aromatic heterocycles. The van der Waals surface area contributed by atoms with Gasteiger partial charge in [-0.2, -0.15) is 0 Å². The van der Waals surface area contributed by atoms with Crippen molar-refractivity contribution < 1.29 is 4.74 Å². The number of hydrogen-bond acceptors (Lipinski definition) is 2. The number of benzene rings is 1. The Morgan fingerprint density at radius 2 is 1.94 bits per heavy atom. The molecule has 17 heavy (non-hydrogen) atoms. The summed E-state index contributed by atoms with van der Waals surface area (Å²) in [6.07, 6.45) is 1.16. The van der Waals surface area contributed by atoms with Gasteiger partial charge in [0, 0.05) is 6.04 Å². The van der Waals surface area contributed by atoms with E-state index in [0.717, 1.165) is 25.3 Å². The molecular weight excluding hydrogens is 210 g/mol.